The number of hydrogen-bond acceptors (Lipinski definition) is 4. The first-order valence-corrected chi connectivity index (χ1v) is 10.8. The van der Waals surface area contributed by atoms with Gasteiger partial charge in [-0.25, -0.2) is 0 Å². The van der Waals surface area contributed by atoms with E-state index in [0.717, 1.165) is 80.9 Å². The number of nitrogens with one attached hydrogen (secondary N) is 2. The highest BCUT2D eigenvalue weighted by molar-refractivity contribution is 5.88. The Kier molecular flexibility index (Phi) is 5.31. The second-order valence-corrected chi connectivity index (χ2v) is 8.80. The number of benzene rings is 1. The molecule has 2 saturated heterocycles. The molecule has 1 amide bonds. The highest BCUT2D eigenvalue weighted by Crippen LogP contribution is 2.34. The van der Waals surface area contributed by atoms with Crippen molar-refractivity contribution < 1.29 is 9.53 Å². The zero-order chi connectivity index (χ0) is 20.4. The number of aromatic amines is 2. The van der Waals surface area contributed by atoms with Gasteiger partial charge in [-0.1, -0.05) is 18.2 Å². The van der Waals surface area contributed by atoms with Gasteiger partial charge in [-0.05, 0) is 30.5 Å². The lowest BCUT2D eigenvalue weighted by atomic mass is 9.80. The number of fused-ring (bicyclic) bond motifs is 1. The summed E-state index contributed by atoms with van der Waals surface area (Å²) in [6, 6.07) is 10.2. The smallest absolute Gasteiger partial charge is 0.227 e. The number of H-pyrrole nitrogens is 2. The van der Waals surface area contributed by atoms with Crippen LogP contribution < -0.4 is 0 Å². The molecule has 2 aliphatic rings. The quantitative estimate of drug-likeness (QED) is 0.697. The van der Waals surface area contributed by atoms with Crippen LogP contribution in [0.25, 0.3) is 10.9 Å². The van der Waals surface area contributed by atoms with Crippen LogP contribution in [0.1, 0.15) is 24.1 Å². The molecule has 1 atom stereocenters. The Morgan fingerprint density at radius 1 is 1.20 bits per heavy atom. The number of amides is 1. The Bertz CT molecular complexity index is 998. The first kappa shape index (κ1) is 19.3. The third-order valence-electron chi connectivity index (χ3n) is 6.50. The van der Waals surface area contributed by atoms with Crippen molar-refractivity contribution in [1.29, 1.82) is 0 Å². The largest absolute Gasteiger partial charge is 0.379 e. The van der Waals surface area contributed by atoms with Gasteiger partial charge >= 0.3 is 0 Å². The lowest BCUT2D eigenvalue weighted by Crippen LogP contribution is -2.52. The molecular formula is C23H29N5O2. The van der Waals surface area contributed by atoms with Gasteiger partial charge in [-0.2, -0.15) is 5.10 Å². The third-order valence-corrected chi connectivity index (χ3v) is 6.50. The van der Waals surface area contributed by atoms with Gasteiger partial charge in [0.05, 0.1) is 19.6 Å². The van der Waals surface area contributed by atoms with Gasteiger partial charge in [0.1, 0.15) is 0 Å². The highest BCUT2D eigenvalue weighted by atomic mass is 16.5. The van der Waals surface area contributed by atoms with Crippen molar-refractivity contribution in [3.05, 3.63) is 54.0 Å². The van der Waals surface area contributed by atoms with E-state index in [2.05, 4.69) is 37.1 Å². The molecule has 2 aromatic heterocycles. The summed E-state index contributed by atoms with van der Waals surface area (Å²) in [7, 11) is 0. The van der Waals surface area contributed by atoms with Crippen LogP contribution in [0.15, 0.2) is 42.7 Å². The van der Waals surface area contributed by atoms with Gasteiger partial charge in [0.2, 0.25) is 5.91 Å². The second kappa shape index (κ2) is 8.24. The molecule has 4 heterocycles. The van der Waals surface area contributed by atoms with Crippen molar-refractivity contribution in [3.63, 3.8) is 0 Å². The molecule has 0 radical (unpaired) electrons. The Balaban J connectivity index is 1.28. The molecule has 7 heteroatoms. The second-order valence-electron chi connectivity index (χ2n) is 8.80. The number of hydrogen-bond donors (Lipinski definition) is 2. The maximum atomic E-state index is 13.2. The first-order valence-electron chi connectivity index (χ1n) is 10.8. The predicted molar refractivity (Wildman–Crippen MR) is 115 cm³/mol. The summed E-state index contributed by atoms with van der Waals surface area (Å²) >= 11 is 0. The number of likely N-dealkylation sites (tertiary alicyclic amines) is 1. The number of carbonyl (C=O) groups excluding carboxylic acids is 1. The number of carbonyl (C=O) groups is 1. The molecule has 2 aliphatic heterocycles. The summed E-state index contributed by atoms with van der Waals surface area (Å²) < 4.78 is 6.02. The Morgan fingerprint density at radius 2 is 2.13 bits per heavy atom. The lowest BCUT2D eigenvalue weighted by Gasteiger charge is -2.43. The first-order chi connectivity index (χ1) is 14.7. The van der Waals surface area contributed by atoms with E-state index in [1.54, 1.807) is 6.20 Å². The minimum atomic E-state index is 0.00461. The number of ether oxygens (including phenoxy) is 1. The van der Waals surface area contributed by atoms with Crippen LogP contribution in [0.4, 0.5) is 0 Å². The normalized spacial score (nSPS) is 23.1. The SMILES string of the molecule is O=C(Cc1c[nH]c2ccccc12)N1CCCC2(COCCN(Cc3ccn[nH]3)C2)C1. The van der Waals surface area contributed by atoms with Crippen molar-refractivity contribution in [1.82, 2.24) is 25.0 Å². The van der Waals surface area contributed by atoms with E-state index in [1.807, 2.05) is 24.4 Å². The van der Waals surface area contributed by atoms with Crippen LogP contribution in [0.5, 0.6) is 0 Å². The number of para-hydroxylation sites is 1. The molecule has 0 saturated carbocycles. The minimum Gasteiger partial charge on any atom is -0.379 e. The van der Waals surface area contributed by atoms with Crippen LogP contribution in [0.3, 0.4) is 0 Å². The van der Waals surface area contributed by atoms with Crippen LogP contribution >= 0.6 is 0 Å². The van der Waals surface area contributed by atoms with Gasteiger partial charge in [-0.3, -0.25) is 14.8 Å². The van der Waals surface area contributed by atoms with Crippen molar-refractivity contribution in [2.75, 3.05) is 39.4 Å². The summed E-state index contributed by atoms with van der Waals surface area (Å²) in [5.41, 5.74) is 3.29. The topological polar surface area (TPSA) is 77.2 Å². The van der Waals surface area contributed by atoms with Crippen LogP contribution in [-0.2, 0) is 22.5 Å². The molecule has 1 unspecified atom stereocenters. The zero-order valence-electron chi connectivity index (χ0n) is 17.3. The van der Waals surface area contributed by atoms with Crippen molar-refractivity contribution in [3.8, 4) is 0 Å². The summed E-state index contributed by atoms with van der Waals surface area (Å²) in [6.07, 6.45) is 6.34. The molecule has 2 N–H and O–H groups in total. The number of rotatable bonds is 4. The molecule has 1 spiro atoms. The Hall–Kier alpha value is -2.64. The third kappa shape index (κ3) is 4.00. The monoisotopic (exact) mass is 407 g/mol. The molecule has 158 valence electrons. The summed E-state index contributed by atoms with van der Waals surface area (Å²) in [5, 5.41) is 8.27. The Labute approximate surface area is 176 Å². The average molecular weight is 408 g/mol. The van der Waals surface area contributed by atoms with Crippen molar-refractivity contribution in [2.24, 2.45) is 5.41 Å². The van der Waals surface area contributed by atoms with E-state index >= 15 is 0 Å². The molecule has 5 rings (SSSR count). The molecule has 0 bridgehead atoms. The van der Waals surface area contributed by atoms with E-state index in [-0.39, 0.29) is 11.3 Å². The molecule has 2 fully saturated rings. The molecule has 3 aromatic rings. The lowest BCUT2D eigenvalue weighted by molar-refractivity contribution is -0.135. The maximum Gasteiger partial charge on any atom is 0.227 e. The summed E-state index contributed by atoms with van der Waals surface area (Å²) in [4.78, 5) is 21.0. The maximum absolute atomic E-state index is 13.2. The zero-order valence-corrected chi connectivity index (χ0v) is 17.3. The summed E-state index contributed by atoms with van der Waals surface area (Å²) in [6.45, 7) is 5.76. The highest BCUT2D eigenvalue weighted by Gasteiger charge is 2.40. The molecule has 7 nitrogen and oxygen atoms in total. The van der Waals surface area contributed by atoms with Crippen molar-refractivity contribution in [2.45, 2.75) is 25.8 Å². The van der Waals surface area contributed by atoms with Gasteiger partial charge in [-0.15, -0.1) is 0 Å². The van der Waals surface area contributed by atoms with Gasteiger partial charge in [0, 0.05) is 67.1 Å². The van der Waals surface area contributed by atoms with Crippen LogP contribution in [0.2, 0.25) is 0 Å². The molecule has 1 aromatic carbocycles. The fraction of sp³-hybridized carbons (Fsp3) is 0.478. The number of piperidine rings is 1. The fourth-order valence-corrected chi connectivity index (χ4v) is 5.05. The Morgan fingerprint density at radius 3 is 3.03 bits per heavy atom. The average Bonchev–Trinajstić information content (AvgIpc) is 3.37. The molecular weight excluding hydrogens is 378 g/mol. The number of aromatic nitrogens is 3. The van der Waals surface area contributed by atoms with Crippen molar-refractivity contribution >= 4 is 16.8 Å². The van der Waals surface area contributed by atoms with Crippen LogP contribution in [-0.4, -0.2) is 70.3 Å². The van der Waals surface area contributed by atoms with E-state index in [4.69, 9.17) is 4.74 Å². The minimum absolute atomic E-state index is 0.00461. The van der Waals surface area contributed by atoms with Crippen LogP contribution in [0, 0.1) is 5.41 Å². The van der Waals surface area contributed by atoms with E-state index in [0.29, 0.717) is 6.42 Å². The predicted octanol–water partition coefficient (Wildman–Crippen LogP) is 2.57. The van der Waals surface area contributed by atoms with E-state index < -0.39 is 0 Å². The van der Waals surface area contributed by atoms with Gasteiger partial charge in [0.15, 0.2) is 0 Å². The molecule has 30 heavy (non-hydrogen) atoms. The van der Waals surface area contributed by atoms with E-state index in [9.17, 15) is 4.79 Å². The standard InChI is InChI=1S/C23H29N5O2/c29-22(12-18-13-24-21-5-2-1-4-20(18)21)28-9-3-7-23(16-28)15-27(10-11-30-17-23)14-19-6-8-25-26-19/h1-2,4-6,8,13,24H,3,7,9-12,14-17H2,(H,25,26). The summed E-state index contributed by atoms with van der Waals surface area (Å²) in [5.74, 6) is 0.211. The fourth-order valence-electron chi connectivity index (χ4n) is 5.05. The molecule has 0 aliphatic carbocycles. The van der Waals surface area contributed by atoms with Gasteiger partial charge in [0.25, 0.3) is 0 Å². The van der Waals surface area contributed by atoms with Gasteiger partial charge < -0.3 is 14.6 Å². The number of nitrogens with zero attached hydrogens (tertiary/aromatic N) is 3. The van der Waals surface area contributed by atoms with E-state index in [1.165, 1.54) is 0 Å².